The van der Waals surface area contributed by atoms with Crippen molar-refractivity contribution < 1.29 is 36.7 Å². The van der Waals surface area contributed by atoms with Gasteiger partial charge in [-0.1, -0.05) is 11.8 Å². The Kier molecular flexibility index (Phi) is 8.71. The van der Waals surface area contributed by atoms with E-state index in [0.717, 1.165) is 0 Å². The van der Waals surface area contributed by atoms with Crippen LogP contribution < -0.4 is 0 Å². The second-order valence-electron chi connectivity index (χ2n) is 6.03. The second kappa shape index (κ2) is 10.2. The summed E-state index contributed by atoms with van der Waals surface area (Å²) < 4.78 is 59.9. The van der Waals surface area contributed by atoms with Gasteiger partial charge in [0.25, 0.3) is 0 Å². The molecule has 0 spiro atoms. The second-order valence-corrected chi connectivity index (χ2v) is 11.2. The zero-order valence-electron chi connectivity index (χ0n) is 17.0. The van der Waals surface area contributed by atoms with E-state index in [4.69, 9.17) is 27.6 Å². The topological polar surface area (TPSA) is 89.5 Å². The minimum absolute atomic E-state index is 0.249. The Labute approximate surface area is 171 Å². The molecule has 0 bridgehead atoms. The van der Waals surface area contributed by atoms with E-state index in [0.29, 0.717) is 23.5 Å². The summed E-state index contributed by atoms with van der Waals surface area (Å²) in [5.74, 6) is -0.272. The van der Waals surface area contributed by atoms with Crippen molar-refractivity contribution in [1.82, 2.24) is 0 Å². The molecule has 0 amide bonds. The summed E-state index contributed by atoms with van der Waals surface area (Å²) in [6.07, 6.45) is 5.41. The highest BCUT2D eigenvalue weighted by molar-refractivity contribution is 7.99. The Morgan fingerprint density at radius 2 is 1.25 bits per heavy atom. The zero-order chi connectivity index (χ0) is 20.8. The van der Waals surface area contributed by atoms with Gasteiger partial charge in [0.05, 0.1) is 43.0 Å². The molecule has 2 rings (SSSR count). The summed E-state index contributed by atoms with van der Waals surface area (Å²) >= 11 is 1.38. The third-order valence-electron chi connectivity index (χ3n) is 4.31. The van der Waals surface area contributed by atoms with Crippen LogP contribution in [-0.2, 0) is 36.7 Å². The van der Waals surface area contributed by atoms with Crippen LogP contribution in [0.3, 0.4) is 0 Å². The minimum Gasteiger partial charge on any atom is -0.450 e. The van der Waals surface area contributed by atoms with Gasteiger partial charge in [0.2, 0.25) is 0 Å². The van der Waals surface area contributed by atoms with E-state index in [1.807, 2.05) is 6.26 Å². The summed E-state index contributed by atoms with van der Waals surface area (Å²) in [6, 6.07) is 0. The Bertz CT molecular complexity index is 621. The third kappa shape index (κ3) is 4.89. The average Bonchev–Trinajstić information content (AvgIpc) is 2.67. The fraction of sp³-hybridized carbons (Fsp3) is 0.765. The Balaban J connectivity index is 2.32. The predicted octanol–water partition coefficient (Wildman–Crippen LogP) is 5.68. The minimum atomic E-state index is -3.46. The molecule has 8 nitrogen and oxygen atoms in total. The van der Waals surface area contributed by atoms with Gasteiger partial charge in [-0.2, -0.15) is 0 Å². The molecule has 0 aliphatic carbocycles. The SMILES string of the molecule is CCOP(=O)(OCC)C1=COC2(SC)OC=C(P(=O)(OCC)OCC)CC2C1. The summed E-state index contributed by atoms with van der Waals surface area (Å²) in [7, 11) is -6.93. The third-order valence-corrected chi connectivity index (χ3v) is 9.78. The molecule has 0 aromatic carbocycles. The zero-order valence-corrected chi connectivity index (χ0v) is 19.6. The molecule has 0 fully saturated rings. The molecular weight excluding hydrogens is 426 g/mol. The van der Waals surface area contributed by atoms with E-state index in [1.54, 1.807) is 27.7 Å². The lowest BCUT2D eigenvalue weighted by atomic mass is 9.97. The smallest absolute Gasteiger partial charge is 0.360 e. The molecule has 0 atom stereocenters. The van der Waals surface area contributed by atoms with Gasteiger partial charge in [0.15, 0.2) is 0 Å². The lowest BCUT2D eigenvalue weighted by Crippen LogP contribution is -2.43. The summed E-state index contributed by atoms with van der Waals surface area (Å²) in [6.45, 7) is 8.02. The molecular formula is C17H30O8P2S. The monoisotopic (exact) mass is 456 g/mol. The molecule has 2 aliphatic rings. The predicted molar refractivity (Wildman–Crippen MR) is 109 cm³/mol. The van der Waals surface area contributed by atoms with Crippen LogP contribution in [0.2, 0.25) is 0 Å². The van der Waals surface area contributed by atoms with Gasteiger partial charge in [-0.15, -0.1) is 0 Å². The first-order valence-corrected chi connectivity index (χ1v) is 13.7. The summed E-state index contributed by atoms with van der Waals surface area (Å²) in [4.78, 5) is 0. The van der Waals surface area contributed by atoms with Crippen molar-refractivity contribution in [1.29, 1.82) is 0 Å². The molecule has 11 heteroatoms. The first-order valence-electron chi connectivity index (χ1n) is 9.41. The molecule has 28 heavy (non-hydrogen) atoms. The number of thioether (sulfide) groups is 1. The van der Waals surface area contributed by atoms with Gasteiger partial charge in [-0.3, -0.25) is 9.13 Å². The number of rotatable bonds is 11. The van der Waals surface area contributed by atoms with Gasteiger partial charge in [-0.25, -0.2) is 0 Å². The molecule has 0 aromatic heterocycles. The molecule has 0 unspecified atom stereocenters. The molecule has 2 aliphatic heterocycles. The standard InChI is InChI=1S/C17H30O8P2S/c1-6-22-26(18,23-7-2)15-10-14-11-16(27(19,24-8-3)25-9-4)13-21-17(14,28-5)20-12-15/h12-14H,6-11H2,1-5H3. The molecule has 0 aromatic rings. The van der Waals surface area contributed by atoms with Crippen LogP contribution in [0, 0.1) is 5.92 Å². The van der Waals surface area contributed by atoms with Crippen molar-refractivity contribution in [3.8, 4) is 0 Å². The van der Waals surface area contributed by atoms with Crippen LogP contribution in [0.15, 0.2) is 23.2 Å². The highest BCUT2D eigenvalue weighted by Gasteiger charge is 2.52. The molecule has 2 heterocycles. The van der Waals surface area contributed by atoms with Gasteiger partial charge in [-0.05, 0) is 46.8 Å². The van der Waals surface area contributed by atoms with Crippen LogP contribution >= 0.6 is 27.0 Å². The van der Waals surface area contributed by atoms with Gasteiger partial charge >= 0.3 is 20.3 Å². The van der Waals surface area contributed by atoms with E-state index >= 15 is 0 Å². The number of ether oxygens (including phenoxy) is 2. The van der Waals surface area contributed by atoms with Crippen LogP contribution in [0.5, 0.6) is 0 Å². The van der Waals surface area contributed by atoms with Crippen molar-refractivity contribution in [2.24, 2.45) is 5.92 Å². The summed E-state index contributed by atoms with van der Waals surface area (Å²) in [5, 5.41) is -0.115. The fourth-order valence-electron chi connectivity index (χ4n) is 3.15. The Morgan fingerprint density at radius 3 is 1.54 bits per heavy atom. The highest BCUT2D eigenvalue weighted by atomic mass is 32.2. The maximum atomic E-state index is 13.2. The van der Waals surface area contributed by atoms with Gasteiger partial charge < -0.3 is 27.6 Å². The van der Waals surface area contributed by atoms with Crippen LogP contribution in [0.4, 0.5) is 0 Å². The fourth-order valence-corrected chi connectivity index (χ4v) is 7.36. The first kappa shape index (κ1) is 24.0. The molecule has 0 radical (unpaired) electrons. The summed E-state index contributed by atoms with van der Waals surface area (Å²) in [5.41, 5.74) is 0. The van der Waals surface area contributed by atoms with Crippen LogP contribution in [-0.4, -0.2) is 37.8 Å². The molecule has 0 saturated carbocycles. The van der Waals surface area contributed by atoms with E-state index in [1.165, 1.54) is 24.3 Å². The van der Waals surface area contributed by atoms with E-state index in [-0.39, 0.29) is 32.3 Å². The van der Waals surface area contributed by atoms with Gasteiger partial charge in [0.1, 0.15) is 12.5 Å². The van der Waals surface area contributed by atoms with E-state index < -0.39 is 20.3 Å². The number of fused-ring (bicyclic) bond motifs is 1. The maximum Gasteiger partial charge on any atom is 0.360 e. The molecule has 0 N–H and O–H groups in total. The Morgan fingerprint density at radius 1 is 0.893 bits per heavy atom. The number of allylic oxidation sites excluding steroid dienone is 2. The number of hydrogen-bond donors (Lipinski definition) is 0. The van der Waals surface area contributed by atoms with Crippen molar-refractivity contribution in [2.75, 3.05) is 32.7 Å². The van der Waals surface area contributed by atoms with E-state index in [9.17, 15) is 9.13 Å². The van der Waals surface area contributed by atoms with Crippen LogP contribution in [0.25, 0.3) is 0 Å². The lowest BCUT2D eigenvalue weighted by Gasteiger charge is -2.44. The van der Waals surface area contributed by atoms with E-state index in [2.05, 4.69) is 0 Å². The average molecular weight is 456 g/mol. The maximum absolute atomic E-state index is 13.2. The quantitative estimate of drug-likeness (QED) is 0.365. The van der Waals surface area contributed by atoms with Crippen molar-refractivity contribution in [3.05, 3.63) is 23.2 Å². The molecule has 0 saturated heterocycles. The normalized spacial score (nSPS) is 25.2. The van der Waals surface area contributed by atoms with Crippen molar-refractivity contribution in [2.45, 2.75) is 45.7 Å². The lowest BCUT2D eigenvalue weighted by molar-refractivity contribution is -0.149. The molecule has 162 valence electrons. The van der Waals surface area contributed by atoms with Crippen molar-refractivity contribution in [3.63, 3.8) is 0 Å². The van der Waals surface area contributed by atoms with Crippen LogP contribution in [0.1, 0.15) is 40.5 Å². The largest absolute Gasteiger partial charge is 0.450 e. The van der Waals surface area contributed by atoms with Crippen molar-refractivity contribution >= 4 is 27.0 Å². The van der Waals surface area contributed by atoms with Gasteiger partial charge in [0, 0.05) is 0 Å². The highest BCUT2D eigenvalue weighted by Crippen LogP contribution is 2.65. The Hall–Kier alpha value is -0.270. The first-order chi connectivity index (χ1) is 13.3. The number of hydrogen-bond acceptors (Lipinski definition) is 9.